The number of alkyl halides is 3. The number of ether oxygens (including phenoxy) is 1. The van der Waals surface area contributed by atoms with Crippen molar-refractivity contribution in [1.29, 1.82) is 0 Å². The first-order valence-electron chi connectivity index (χ1n) is 6.09. The first kappa shape index (κ1) is 15.8. The number of carboxylic acids is 1. The Kier molecular flexibility index (Phi) is 4.35. The normalized spacial score (nSPS) is 11.3. The van der Waals surface area contributed by atoms with Gasteiger partial charge in [-0.15, -0.1) is 0 Å². The third-order valence-corrected chi connectivity index (χ3v) is 2.85. The van der Waals surface area contributed by atoms with Gasteiger partial charge in [-0.3, -0.25) is 0 Å². The molecular formula is C15H10F4O3. The van der Waals surface area contributed by atoms with E-state index in [0.29, 0.717) is 6.07 Å². The molecule has 2 aromatic carbocycles. The summed E-state index contributed by atoms with van der Waals surface area (Å²) in [6.07, 6.45) is -4.70. The molecule has 0 amide bonds. The molecule has 0 aromatic heterocycles. The largest absolute Gasteiger partial charge is 0.489 e. The van der Waals surface area contributed by atoms with Crippen molar-refractivity contribution >= 4 is 5.97 Å². The molecule has 2 aromatic rings. The number of carboxylic acid groups (broad SMARTS) is 1. The van der Waals surface area contributed by atoms with Gasteiger partial charge in [0.2, 0.25) is 0 Å². The van der Waals surface area contributed by atoms with E-state index >= 15 is 0 Å². The van der Waals surface area contributed by atoms with Crippen LogP contribution in [0.3, 0.4) is 0 Å². The molecule has 22 heavy (non-hydrogen) atoms. The summed E-state index contributed by atoms with van der Waals surface area (Å²) in [5.41, 5.74) is -1.41. The second-order valence-corrected chi connectivity index (χ2v) is 4.42. The summed E-state index contributed by atoms with van der Waals surface area (Å²) >= 11 is 0. The Morgan fingerprint density at radius 1 is 1.14 bits per heavy atom. The van der Waals surface area contributed by atoms with Crippen molar-refractivity contribution in [3.63, 3.8) is 0 Å². The van der Waals surface area contributed by atoms with E-state index in [9.17, 15) is 22.4 Å². The van der Waals surface area contributed by atoms with Gasteiger partial charge in [0.15, 0.2) is 0 Å². The van der Waals surface area contributed by atoms with Gasteiger partial charge >= 0.3 is 12.1 Å². The highest BCUT2D eigenvalue weighted by atomic mass is 19.4. The first-order chi connectivity index (χ1) is 10.3. The molecule has 7 heteroatoms. The Hall–Kier alpha value is -2.57. The highest BCUT2D eigenvalue weighted by molar-refractivity contribution is 5.87. The number of rotatable bonds is 4. The number of halogens is 4. The molecule has 0 saturated carbocycles. The van der Waals surface area contributed by atoms with Crippen LogP contribution in [0.2, 0.25) is 0 Å². The van der Waals surface area contributed by atoms with Crippen molar-refractivity contribution < 1.29 is 32.2 Å². The standard InChI is InChI=1S/C15H10F4O3/c16-11-5-4-10(13(7-11)15(17,18)19)8-22-12-3-1-2-9(6-12)14(20)21/h1-7H,8H2,(H,20,21). The Morgan fingerprint density at radius 2 is 1.86 bits per heavy atom. The van der Waals surface area contributed by atoms with Crippen LogP contribution in [0, 0.1) is 5.82 Å². The Labute approximate surface area is 122 Å². The van der Waals surface area contributed by atoms with Gasteiger partial charge in [0.05, 0.1) is 11.1 Å². The van der Waals surface area contributed by atoms with E-state index < -0.39 is 30.1 Å². The molecule has 1 N–H and O–H groups in total. The van der Waals surface area contributed by atoms with Crippen LogP contribution in [0.25, 0.3) is 0 Å². The van der Waals surface area contributed by atoms with Gasteiger partial charge in [0.1, 0.15) is 18.2 Å². The minimum Gasteiger partial charge on any atom is -0.489 e. The maximum Gasteiger partial charge on any atom is 0.416 e. The molecule has 0 bridgehead atoms. The SMILES string of the molecule is O=C(O)c1cccc(OCc2ccc(F)cc2C(F)(F)F)c1. The molecule has 0 aliphatic rings. The fourth-order valence-corrected chi connectivity index (χ4v) is 1.82. The van der Waals surface area contributed by atoms with E-state index in [1.807, 2.05) is 0 Å². The third kappa shape index (κ3) is 3.75. The van der Waals surface area contributed by atoms with Crippen LogP contribution in [0.15, 0.2) is 42.5 Å². The number of hydrogen-bond acceptors (Lipinski definition) is 2. The zero-order valence-corrected chi connectivity index (χ0v) is 11.0. The number of aromatic carboxylic acids is 1. The summed E-state index contributed by atoms with van der Waals surface area (Å²) in [7, 11) is 0. The zero-order valence-electron chi connectivity index (χ0n) is 11.0. The summed E-state index contributed by atoms with van der Waals surface area (Å²) in [5, 5.41) is 8.83. The molecule has 3 nitrogen and oxygen atoms in total. The molecule has 0 fully saturated rings. The van der Waals surface area contributed by atoms with E-state index in [1.54, 1.807) is 0 Å². The van der Waals surface area contributed by atoms with Crippen LogP contribution in [-0.2, 0) is 12.8 Å². The van der Waals surface area contributed by atoms with E-state index in [2.05, 4.69) is 0 Å². The first-order valence-corrected chi connectivity index (χ1v) is 6.09. The second-order valence-electron chi connectivity index (χ2n) is 4.42. The summed E-state index contributed by atoms with van der Waals surface area (Å²) in [4.78, 5) is 10.8. The number of benzene rings is 2. The maximum absolute atomic E-state index is 13.0. The lowest BCUT2D eigenvalue weighted by molar-refractivity contribution is -0.138. The van der Waals surface area contributed by atoms with Crippen LogP contribution in [-0.4, -0.2) is 11.1 Å². The Balaban J connectivity index is 2.22. The van der Waals surface area contributed by atoms with Crippen molar-refractivity contribution in [3.8, 4) is 5.75 Å². The molecule has 0 aliphatic carbocycles. The Morgan fingerprint density at radius 3 is 2.50 bits per heavy atom. The van der Waals surface area contributed by atoms with Crippen LogP contribution < -0.4 is 4.74 Å². The second kappa shape index (κ2) is 6.05. The lowest BCUT2D eigenvalue weighted by Crippen LogP contribution is -2.11. The lowest BCUT2D eigenvalue weighted by Gasteiger charge is -2.14. The number of hydrogen-bond donors (Lipinski definition) is 1. The minimum atomic E-state index is -4.70. The van der Waals surface area contributed by atoms with Gasteiger partial charge < -0.3 is 9.84 Å². The summed E-state index contributed by atoms with van der Waals surface area (Å²) in [5.74, 6) is -2.07. The topological polar surface area (TPSA) is 46.5 Å². The van der Waals surface area contributed by atoms with Gasteiger partial charge in [0, 0.05) is 5.56 Å². The average molecular weight is 314 g/mol. The van der Waals surface area contributed by atoms with Crippen LogP contribution in [0.1, 0.15) is 21.5 Å². The van der Waals surface area contributed by atoms with Crippen LogP contribution in [0.4, 0.5) is 17.6 Å². The fraction of sp³-hybridized carbons (Fsp3) is 0.133. The van der Waals surface area contributed by atoms with Gasteiger partial charge in [-0.25, -0.2) is 9.18 Å². The monoisotopic (exact) mass is 314 g/mol. The van der Waals surface area contributed by atoms with E-state index in [4.69, 9.17) is 9.84 Å². The van der Waals surface area contributed by atoms with Crippen molar-refractivity contribution in [2.24, 2.45) is 0 Å². The predicted octanol–water partition coefficient (Wildman–Crippen LogP) is 4.12. The van der Waals surface area contributed by atoms with E-state index in [1.165, 1.54) is 24.3 Å². The molecule has 0 spiro atoms. The smallest absolute Gasteiger partial charge is 0.416 e. The van der Waals surface area contributed by atoms with E-state index in [0.717, 1.165) is 12.1 Å². The van der Waals surface area contributed by atoms with Crippen molar-refractivity contribution in [1.82, 2.24) is 0 Å². The molecule has 0 unspecified atom stereocenters. The number of carbonyl (C=O) groups is 1. The van der Waals surface area contributed by atoms with Crippen molar-refractivity contribution in [2.75, 3.05) is 0 Å². The highest BCUT2D eigenvalue weighted by Gasteiger charge is 2.33. The third-order valence-electron chi connectivity index (χ3n) is 2.85. The van der Waals surface area contributed by atoms with Gasteiger partial charge in [0.25, 0.3) is 0 Å². The molecule has 0 atom stereocenters. The summed E-state index contributed by atoms with van der Waals surface area (Å²) < 4.78 is 56.6. The maximum atomic E-state index is 13.0. The molecule has 2 rings (SSSR count). The molecule has 0 heterocycles. The average Bonchev–Trinajstić information content (AvgIpc) is 2.45. The molecule has 0 radical (unpaired) electrons. The van der Waals surface area contributed by atoms with Gasteiger partial charge in [-0.1, -0.05) is 12.1 Å². The minimum absolute atomic E-state index is 0.0485. The van der Waals surface area contributed by atoms with Crippen molar-refractivity contribution in [2.45, 2.75) is 12.8 Å². The van der Waals surface area contributed by atoms with Gasteiger partial charge in [-0.05, 0) is 30.3 Å². The van der Waals surface area contributed by atoms with Crippen LogP contribution in [0.5, 0.6) is 5.75 Å². The zero-order chi connectivity index (χ0) is 16.3. The van der Waals surface area contributed by atoms with E-state index in [-0.39, 0.29) is 16.9 Å². The van der Waals surface area contributed by atoms with Crippen LogP contribution >= 0.6 is 0 Å². The van der Waals surface area contributed by atoms with Crippen molar-refractivity contribution in [3.05, 3.63) is 65.0 Å². The Bertz CT molecular complexity index is 695. The molecule has 0 saturated heterocycles. The fourth-order valence-electron chi connectivity index (χ4n) is 1.82. The molecule has 116 valence electrons. The summed E-state index contributed by atoms with van der Waals surface area (Å²) in [6.45, 7) is -0.460. The molecular weight excluding hydrogens is 304 g/mol. The molecule has 0 aliphatic heterocycles. The summed E-state index contributed by atoms with van der Waals surface area (Å²) in [6, 6.07) is 7.64. The predicted molar refractivity (Wildman–Crippen MR) is 69.1 cm³/mol. The van der Waals surface area contributed by atoms with Gasteiger partial charge in [-0.2, -0.15) is 13.2 Å². The lowest BCUT2D eigenvalue weighted by atomic mass is 10.1. The quantitative estimate of drug-likeness (QED) is 0.864. The highest BCUT2D eigenvalue weighted by Crippen LogP contribution is 2.33.